The van der Waals surface area contributed by atoms with Crippen molar-refractivity contribution in [3.05, 3.63) is 17.3 Å². The summed E-state index contributed by atoms with van der Waals surface area (Å²) in [4.78, 5) is 5.78. The zero-order chi connectivity index (χ0) is 14.4. The van der Waals surface area contributed by atoms with Crippen molar-refractivity contribution in [1.82, 2.24) is 14.8 Å². The van der Waals surface area contributed by atoms with Gasteiger partial charge in [0.1, 0.15) is 4.83 Å². The monoisotopic (exact) mass is 288 g/mol. The van der Waals surface area contributed by atoms with Crippen LogP contribution in [0.4, 0.5) is 5.82 Å². The van der Waals surface area contributed by atoms with Gasteiger partial charge in [-0.2, -0.15) is 5.10 Å². The predicted octanol–water partition coefficient (Wildman–Crippen LogP) is 3.87. The van der Waals surface area contributed by atoms with Crippen LogP contribution < -0.4 is 5.32 Å². The molecule has 0 saturated heterocycles. The molecule has 4 nitrogen and oxygen atoms in total. The SMILES string of the molecule is Cc1cc(C)c2c(n1)sc1c(NCC(C)C)nn(C)c12. The lowest BCUT2D eigenvalue weighted by molar-refractivity contribution is 0.684. The number of aryl methyl sites for hydroxylation is 3. The first kappa shape index (κ1) is 13.4. The molecule has 0 saturated carbocycles. The molecule has 5 heteroatoms. The summed E-state index contributed by atoms with van der Waals surface area (Å²) in [5.74, 6) is 1.58. The molecule has 0 aliphatic rings. The molecule has 3 aromatic rings. The first-order chi connectivity index (χ1) is 9.47. The quantitative estimate of drug-likeness (QED) is 0.795. The minimum Gasteiger partial charge on any atom is -0.367 e. The number of aromatic nitrogens is 3. The van der Waals surface area contributed by atoms with Crippen molar-refractivity contribution in [3.8, 4) is 0 Å². The number of anilines is 1. The summed E-state index contributed by atoms with van der Waals surface area (Å²) in [7, 11) is 2.01. The smallest absolute Gasteiger partial charge is 0.166 e. The molecule has 3 rings (SSSR count). The summed E-state index contributed by atoms with van der Waals surface area (Å²) >= 11 is 1.73. The predicted molar refractivity (Wildman–Crippen MR) is 86.7 cm³/mol. The fraction of sp³-hybridized carbons (Fsp3) is 0.467. The third kappa shape index (κ3) is 2.06. The lowest BCUT2D eigenvalue weighted by atomic mass is 10.1. The van der Waals surface area contributed by atoms with E-state index in [1.807, 2.05) is 18.7 Å². The minimum atomic E-state index is 0.601. The van der Waals surface area contributed by atoms with Crippen LogP contribution in [-0.2, 0) is 7.05 Å². The van der Waals surface area contributed by atoms with Gasteiger partial charge in [-0.15, -0.1) is 11.3 Å². The molecule has 0 aliphatic carbocycles. The maximum absolute atomic E-state index is 4.67. The van der Waals surface area contributed by atoms with Gasteiger partial charge in [-0.1, -0.05) is 13.8 Å². The minimum absolute atomic E-state index is 0.601. The van der Waals surface area contributed by atoms with E-state index in [4.69, 9.17) is 0 Å². The van der Waals surface area contributed by atoms with Gasteiger partial charge in [0, 0.05) is 24.7 Å². The molecule has 0 amide bonds. The van der Waals surface area contributed by atoms with Crippen LogP contribution in [0.5, 0.6) is 0 Å². The molecule has 20 heavy (non-hydrogen) atoms. The zero-order valence-corrected chi connectivity index (χ0v) is 13.4. The van der Waals surface area contributed by atoms with Gasteiger partial charge >= 0.3 is 0 Å². The average Bonchev–Trinajstić information content (AvgIpc) is 2.85. The Labute approximate surface area is 122 Å². The molecular weight excluding hydrogens is 268 g/mol. The van der Waals surface area contributed by atoms with Crippen molar-refractivity contribution in [2.24, 2.45) is 13.0 Å². The molecule has 0 spiro atoms. The van der Waals surface area contributed by atoms with Gasteiger partial charge in [0.15, 0.2) is 5.82 Å². The molecule has 0 aromatic carbocycles. The highest BCUT2D eigenvalue weighted by Gasteiger charge is 2.17. The van der Waals surface area contributed by atoms with Crippen LogP contribution in [0.25, 0.3) is 20.4 Å². The number of pyridine rings is 1. The topological polar surface area (TPSA) is 42.7 Å². The first-order valence-electron chi connectivity index (χ1n) is 6.94. The van der Waals surface area contributed by atoms with Gasteiger partial charge < -0.3 is 5.32 Å². The van der Waals surface area contributed by atoms with Crippen molar-refractivity contribution in [2.45, 2.75) is 27.7 Å². The molecular formula is C15H20N4S. The van der Waals surface area contributed by atoms with Crippen molar-refractivity contribution in [2.75, 3.05) is 11.9 Å². The summed E-state index contributed by atoms with van der Waals surface area (Å²) < 4.78 is 3.19. The Kier molecular flexibility index (Phi) is 3.17. The second kappa shape index (κ2) is 4.74. The van der Waals surface area contributed by atoms with E-state index >= 15 is 0 Å². The van der Waals surface area contributed by atoms with Gasteiger partial charge in [-0.3, -0.25) is 4.68 Å². The lowest BCUT2D eigenvalue weighted by Crippen LogP contribution is -2.08. The van der Waals surface area contributed by atoms with Crippen molar-refractivity contribution in [3.63, 3.8) is 0 Å². The van der Waals surface area contributed by atoms with Gasteiger partial charge in [0.05, 0.1) is 10.2 Å². The van der Waals surface area contributed by atoms with E-state index in [0.717, 1.165) is 22.9 Å². The molecule has 3 heterocycles. The third-order valence-electron chi connectivity index (χ3n) is 3.43. The zero-order valence-electron chi connectivity index (χ0n) is 12.6. The van der Waals surface area contributed by atoms with Crippen LogP contribution in [0.2, 0.25) is 0 Å². The fourth-order valence-corrected chi connectivity index (χ4v) is 3.84. The van der Waals surface area contributed by atoms with Crippen LogP contribution >= 0.6 is 11.3 Å². The van der Waals surface area contributed by atoms with Gasteiger partial charge in [0.2, 0.25) is 0 Å². The van der Waals surface area contributed by atoms with Crippen LogP contribution in [0.1, 0.15) is 25.1 Å². The number of fused-ring (bicyclic) bond motifs is 3. The molecule has 106 valence electrons. The third-order valence-corrected chi connectivity index (χ3v) is 4.51. The Bertz CT molecular complexity index is 782. The number of hydrogen-bond acceptors (Lipinski definition) is 4. The lowest BCUT2D eigenvalue weighted by Gasteiger charge is -2.05. The van der Waals surface area contributed by atoms with Gasteiger partial charge in [-0.25, -0.2) is 4.98 Å². The van der Waals surface area contributed by atoms with E-state index < -0.39 is 0 Å². The highest BCUT2D eigenvalue weighted by molar-refractivity contribution is 7.26. The molecule has 0 unspecified atom stereocenters. The molecule has 0 bridgehead atoms. The van der Waals surface area contributed by atoms with Crippen molar-refractivity contribution >= 4 is 37.6 Å². The molecule has 0 atom stereocenters. The van der Waals surface area contributed by atoms with E-state index in [2.05, 4.69) is 42.2 Å². The largest absolute Gasteiger partial charge is 0.367 e. The standard InChI is InChI=1S/C15H20N4S/c1-8(2)7-16-14-13-12(19(5)18-14)11-9(3)6-10(4)17-15(11)20-13/h6,8H,7H2,1-5H3,(H,16,18). The maximum atomic E-state index is 4.67. The summed E-state index contributed by atoms with van der Waals surface area (Å²) in [6.45, 7) is 9.54. The van der Waals surface area contributed by atoms with Gasteiger partial charge in [-0.05, 0) is 31.4 Å². The molecule has 3 aromatic heterocycles. The molecule has 0 fully saturated rings. The van der Waals surface area contributed by atoms with E-state index in [0.29, 0.717) is 5.92 Å². The number of rotatable bonds is 3. The highest BCUT2D eigenvalue weighted by atomic mass is 32.1. The van der Waals surface area contributed by atoms with E-state index in [-0.39, 0.29) is 0 Å². The Morgan fingerprint density at radius 3 is 2.80 bits per heavy atom. The van der Waals surface area contributed by atoms with Crippen molar-refractivity contribution in [1.29, 1.82) is 0 Å². The summed E-state index contributed by atoms with van der Waals surface area (Å²) in [5, 5.41) is 9.32. The Hall–Kier alpha value is -1.62. The van der Waals surface area contributed by atoms with Crippen LogP contribution in [0, 0.1) is 19.8 Å². The van der Waals surface area contributed by atoms with Crippen molar-refractivity contribution < 1.29 is 0 Å². The van der Waals surface area contributed by atoms with E-state index in [1.54, 1.807) is 11.3 Å². The second-order valence-electron chi connectivity index (χ2n) is 5.79. The number of nitrogens with one attached hydrogen (secondary N) is 1. The molecule has 0 radical (unpaired) electrons. The number of hydrogen-bond donors (Lipinski definition) is 1. The van der Waals surface area contributed by atoms with Crippen LogP contribution in [0.3, 0.4) is 0 Å². The Balaban J connectivity index is 2.23. The van der Waals surface area contributed by atoms with E-state index in [9.17, 15) is 0 Å². The summed E-state index contributed by atoms with van der Waals surface area (Å²) in [6, 6.07) is 2.14. The van der Waals surface area contributed by atoms with Crippen LogP contribution in [-0.4, -0.2) is 21.3 Å². The van der Waals surface area contributed by atoms with E-state index in [1.165, 1.54) is 21.2 Å². The summed E-state index contributed by atoms with van der Waals surface area (Å²) in [5.41, 5.74) is 3.55. The second-order valence-corrected chi connectivity index (χ2v) is 6.79. The van der Waals surface area contributed by atoms with Gasteiger partial charge in [0.25, 0.3) is 0 Å². The van der Waals surface area contributed by atoms with Crippen LogP contribution in [0.15, 0.2) is 6.07 Å². The molecule has 0 aliphatic heterocycles. The highest BCUT2D eigenvalue weighted by Crippen LogP contribution is 2.38. The number of nitrogens with zero attached hydrogens (tertiary/aromatic N) is 3. The Morgan fingerprint density at radius 1 is 1.35 bits per heavy atom. The summed E-state index contributed by atoms with van der Waals surface area (Å²) in [6.07, 6.45) is 0. The normalized spacial score (nSPS) is 11.9. The number of thiophene rings is 1. The fourth-order valence-electron chi connectivity index (χ4n) is 2.55. The average molecular weight is 288 g/mol. The maximum Gasteiger partial charge on any atom is 0.166 e. The first-order valence-corrected chi connectivity index (χ1v) is 7.76. The Morgan fingerprint density at radius 2 is 2.10 bits per heavy atom. The molecule has 1 N–H and O–H groups in total.